The number of hydrogen-bond acceptors (Lipinski definition) is 4. The van der Waals surface area contributed by atoms with Crippen LogP contribution in [0.4, 0.5) is 14.5 Å². The summed E-state index contributed by atoms with van der Waals surface area (Å²) in [7, 11) is -4.34. The Morgan fingerprint density at radius 1 is 1.21 bits per heavy atom. The van der Waals surface area contributed by atoms with E-state index in [1.54, 1.807) is 0 Å². The maximum Gasteiger partial charge on any atom is 0.290 e. The second-order valence-electron chi connectivity index (χ2n) is 4.88. The molecule has 2 rings (SSSR count). The second kappa shape index (κ2) is 6.80. The summed E-state index contributed by atoms with van der Waals surface area (Å²) in [5.74, 6) is -1.74. The van der Waals surface area contributed by atoms with Crippen molar-refractivity contribution in [3.05, 3.63) is 68.7 Å². The zero-order valence-corrected chi connectivity index (χ0v) is 13.7. The van der Waals surface area contributed by atoms with Crippen molar-refractivity contribution in [1.82, 2.24) is 4.72 Å². The van der Waals surface area contributed by atoms with Crippen LogP contribution in [0.5, 0.6) is 0 Å². The average Bonchev–Trinajstić information content (AvgIpc) is 2.45. The van der Waals surface area contributed by atoms with Gasteiger partial charge in [0.05, 0.1) is 4.92 Å². The molecule has 0 saturated carbocycles. The van der Waals surface area contributed by atoms with Crippen molar-refractivity contribution >= 4 is 27.3 Å². The van der Waals surface area contributed by atoms with Gasteiger partial charge in [-0.05, 0) is 25.1 Å². The summed E-state index contributed by atoms with van der Waals surface area (Å²) in [6.45, 7) is 1.33. The summed E-state index contributed by atoms with van der Waals surface area (Å²) < 4.78 is 53.5. The fourth-order valence-corrected chi connectivity index (χ4v) is 3.61. The maximum absolute atomic E-state index is 13.7. The SMILES string of the molecule is CC(NS(=O)(=O)c1ccc(Cl)cc1[N+](=O)[O-])c1ccc(F)cc1F. The number of nitrogens with one attached hydrogen (secondary N) is 1. The van der Waals surface area contributed by atoms with Crippen LogP contribution in [0.2, 0.25) is 5.02 Å². The van der Waals surface area contributed by atoms with Gasteiger partial charge >= 0.3 is 0 Å². The average molecular weight is 377 g/mol. The summed E-state index contributed by atoms with van der Waals surface area (Å²) in [5, 5.41) is 11.0. The third-order valence-corrected chi connectivity index (χ3v) is 4.99. The van der Waals surface area contributed by atoms with E-state index >= 15 is 0 Å². The first-order chi connectivity index (χ1) is 11.1. The van der Waals surface area contributed by atoms with Crippen LogP contribution in [0.25, 0.3) is 0 Å². The zero-order chi connectivity index (χ0) is 18.1. The number of halogens is 3. The van der Waals surface area contributed by atoms with Crippen molar-refractivity contribution in [1.29, 1.82) is 0 Å². The lowest BCUT2D eigenvalue weighted by Crippen LogP contribution is -2.28. The van der Waals surface area contributed by atoms with Gasteiger partial charge in [-0.3, -0.25) is 10.1 Å². The highest BCUT2D eigenvalue weighted by molar-refractivity contribution is 7.89. The molecule has 0 saturated heterocycles. The Labute approximate surface area is 141 Å². The Morgan fingerprint density at radius 3 is 2.46 bits per heavy atom. The molecule has 0 heterocycles. The van der Waals surface area contributed by atoms with Gasteiger partial charge in [0, 0.05) is 28.8 Å². The van der Waals surface area contributed by atoms with Crippen molar-refractivity contribution in [2.24, 2.45) is 0 Å². The lowest BCUT2D eigenvalue weighted by molar-refractivity contribution is -0.387. The Bertz CT molecular complexity index is 906. The van der Waals surface area contributed by atoms with Crippen molar-refractivity contribution < 1.29 is 22.1 Å². The highest BCUT2D eigenvalue weighted by atomic mass is 35.5. The van der Waals surface area contributed by atoms with E-state index in [-0.39, 0.29) is 10.6 Å². The molecule has 0 aliphatic heterocycles. The minimum Gasteiger partial charge on any atom is -0.258 e. The molecule has 0 aliphatic rings. The predicted molar refractivity (Wildman–Crippen MR) is 83.2 cm³/mol. The molecule has 0 aliphatic carbocycles. The van der Waals surface area contributed by atoms with Gasteiger partial charge in [0.25, 0.3) is 5.69 Å². The first-order valence-electron chi connectivity index (χ1n) is 6.53. The van der Waals surface area contributed by atoms with Crippen LogP contribution in [0.15, 0.2) is 41.3 Å². The molecule has 2 aromatic rings. The zero-order valence-electron chi connectivity index (χ0n) is 12.2. The number of hydrogen-bond donors (Lipinski definition) is 1. The third kappa shape index (κ3) is 3.86. The molecule has 10 heteroatoms. The van der Waals surface area contributed by atoms with Gasteiger partial charge in [0.15, 0.2) is 4.90 Å². The van der Waals surface area contributed by atoms with Crippen LogP contribution in [-0.4, -0.2) is 13.3 Å². The van der Waals surface area contributed by atoms with E-state index in [0.29, 0.717) is 6.07 Å². The van der Waals surface area contributed by atoms with E-state index in [4.69, 9.17) is 11.6 Å². The maximum atomic E-state index is 13.7. The number of nitro benzene ring substituents is 1. The van der Waals surface area contributed by atoms with Crippen LogP contribution in [-0.2, 0) is 10.0 Å². The van der Waals surface area contributed by atoms with E-state index in [1.165, 1.54) is 13.0 Å². The topological polar surface area (TPSA) is 89.3 Å². The Kier molecular flexibility index (Phi) is 5.16. The highest BCUT2D eigenvalue weighted by Crippen LogP contribution is 2.28. The van der Waals surface area contributed by atoms with Gasteiger partial charge < -0.3 is 0 Å². The molecule has 0 bridgehead atoms. The van der Waals surface area contributed by atoms with E-state index in [0.717, 1.165) is 24.3 Å². The first-order valence-corrected chi connectivity index (χ1v) is 8.39. The summed E-state index contributed by atoms with van der Waals surface area (Å²) in [5.41, 5.74) is -0.807. The Hall–Kier alpha value is -2.10. The molecule has 0 spiro atoms. The molecular weight excluding hydrogens is 366 g/mol. The van der Waals surface area contributed by atoms with E-state index in [9.17, 15) is 27.3 Å². The van der Waals surface area contributed by atoms with E-state index in [1.807, 2.05) is 0 Å². The van der Waals surface area contributed by atoms with Gasteiger partial charge in [-0.25, -0.2) is 21.9 Å². The van der Waals surface area contributed by atoms with E-state index < -0.39 is 43.2 Å². The normalized spacial score (nSPS) is 12.8. The molecule has 0 radical (unpaired) electrons. The molecule has 24 heavy (non-hydrogen) atoms. The minimum atomic E-state index is -4.34. The van der Waals surface area contributed by atoms with Gasteiger partial charge in [0.2, 0.25) is 10.0 Å². The minimum absolute atomic E-state index is 0.00159. The molecule has 2 aromatic carbocycles. The predicted octanol–water partition coefficient (Wildman–Crippen LogP) is 3.57. The van der Waals surface area contributed by atoms with Crippen molar-refractivity contribution in [2.45, 2.75) is 17.9 Å². The summed E-state index contributed by atoms with van der Waals surface area (Å²) in [6, 6.07) is 4.68. The smallest absolute Gasteiger partial charge is 0.258 e. The quantitative estimate of drug-likeness (QED) is 0.638. The van der Waals surface area contributed by atoms with Gasteiger partial charge in [-0.2, -0.15) is 0 Å². The van der Waals surface area contributed by atoms with Gasteiger partial charge in [0.1, 0.15) is 11.6 Å². The number of rotatable bonds is 5. The lowest BCUT2D eigenvalue weighted by Gasteiger charge is -2.15. The molecule has 1 atom stereocenters. The van der Waals surface area contributed by atoms with Crippen LogP contribution in [0.1, 0.15) is 18.5 Å². The van der Waals surface area contributed by atoms with Gasteiger partial charge in [-0.15, -0.1) is 0 Å². The van der Waals surface area contributed by atoms with Crippen molar-refractivity contribution in [2.75, 3.05) is 0 Å². The monoisotopic (exact) mass is 376 g/mol. The molecule has 128 valence electrons. The number of sulfonamides is 1. The van der Waals surface area contributed by atoms with Gasteiger partial charge in [-0.1, -0.05) is 17.7 Å². The lowest BCUT2D eigenvalue weighted by atomic mass is 10.1. The van der Waals surface area contributed by atoms with Crippen LogP contribution < -0.4 is 4.72 Å². The standard InChI is InChI=1S/C14H11ClF2N2O4S/c1-8(11-4-3-10(16)7-12(11)17)18-24(22,23)14-5-2-9(15)6-13(14)19(20)21/h2-8,18H,1H3. The molecule has 0 aromatic heterocycles. The summed E-state index contributed by atoms with van der Waals surface area (Å²) in [4.78, 5) is 9.53. The van der Waals surface area contributed by atoms with E-state index in [2.05, 4.69) is 4.72 Å². The summed E-state index contributed by atoms with van der Waals surface area (Å²) >= 11 is 5.64. The highest BCUT2D eigenvalue weighted by Gasteiger charge is 2.28. The van der Waals surface area contributed by atoms with Crippen LogP contribution in [0.3, 0.4) is 0 Å². The van der Waals surface area contributed by atoms with Crippen molar-refractivity contribution in [3.8, 4) is 0 Å². The number of benzene rings is 2. The number of nitro groups is 1. The largest absolute Gasteiger partial charge is 0.290 e. The first kappa shape index (κ1) is 18.2. The molecule has 1 unspecified atom stereocenters. The molecular formula is C14H11ClF2N2O4S. The molecule has 6 nitrogen and oxygen atoms in total. The molecule has 0 fully saturated rings. The van der Waals surface area contributed by atoms with Crippen molar-refractivity contribution in [3.63, 3.8) is 0 Å². The third-order valence-electron chi connectivity index (χ3n) is 3.17. The fourth-order valence-electron chi connectivity index (χ4n) is 2.07. The fraction of sp³-hybridized carbons (Fsp3) is 0.143. The second-order valence-corrected chi connectivity index (χ2v) is 7.00. The Balaban J connectivity index is 2.40. The molecule has 1 N–H and O–H groups in total. The molecule has 0 amide bonds. The van der Waals surface area contributed by atoms with Crippen LogP contribution >= 0.6 is 11.6 Å². The Morgan fingerprint density at radius 2 is 1.88 bits per heavy atom. The summed E-state index contributed by atoms with van der Waals surface area (Å²) in [6.07, 6.45) is 0. The number of nitrogens with zero attached hydrogens (tertiary/aromatic N) is 1. The van der Waals surface area contributed by atoms with Crippen LogP contribution in [0, 0.1) is 21.7 Å².